The average Bonchev–Trinajstić information content (AvgIpc) is 2.85. The van der Waals surface area contributed by atoms with Crippen LogP contribution in [0.5, 0.6) is 0 Å². The molecule has 192 valence electrons. The number of fused-ring (bicyclic) bond motifs is 1. The number of ether oxygens (including phenoxy) is 1. The third-order valence-electron chi connectivity index (χ3n) is 7.56. The quantitative estimate of drug-likeness (QED) is 0.279. The Balaban J connectivity index is 1.50. The topological polar surface area (TPSA) is 70.6 Å². The summed E-state index contributed by atoms with van der Waals surface area (Å²) >= 11 is 0. The summed E-state index contributed by atoms with van der Waals surface area (Å²) in [5, 5.41) is 10.5. The normalized spacial score (nSPS) is 18.1. The van der Waals surface area contributed by atoms with E-state index in [-0.39, 0.29) is 0 Å². The Kier molecular flexibility index (Phi) is 7.56. The molecule has 3 aliphatic rings. The second kappa shape index (κ2) is 11.2. The lowest BCUT2D eigenvalue weighted by molar-refractivity contribution is 0.312. The second-order valence-electron chi connectivity index (χ2n) is 10.0. The van der Waals surface area contributed by atoms with Gasteiger partial charge in [-0.2, -0.15) is 0 Å². The Morgan fingerprint density at radius 2 is 1.97 bits per heavy atom. The maximum Gasteiger partial charge on any atom is 0.141 e. The molecule has 1 saturated carbocycles. The molecule has 1 aromatic carbocycles. The van der Waals surface area contributed by atoms with Crippen LogP contribution in [0.1, 0.15) is 74.8 Å². The lowest BCUT2D eigenvalue weighted by atomic mass is 9.86. The van der Waals surface area contributed by atoms with Crippen molar-refractivity contribution in [3.8, 4) is 0 Å². The highest BCUT2D eigenvalue weighted by molar-refractivity contribution is 5.88. The number of aliphatic imine (C=N–C) groups is 1. The number of anilines is 2. The number of hydrogen-bond donors (Lipinski definition) is 3. The van der Waals surface area contributed by atoms with E-state index in [9.17, 15) is 0 Å². The van der Waals surface area contributed by atoms with Crippen molar-refractivity contribution in [3.63, 3.8) is 0 Å². The number of methoxy groups -OCH3 is 1. The molecule has 1 saturated heterocycles. The molecule has 1 aliphatic carbocycles. The highest BCUT2D eigenvalue weighted by atomic mass is 16.5. The zero-order valence-electron chi connectivity index (χ0n) is 22.3. The van der Waals surface area contributed by atoms with Gasteiger partial charge in [0.15, 0.2) is 0 Å². The van der Waals surface area contributed by atoms with Gasteiger partial charge in [0.05, 0.1) is 19.0 Å². The van der Waals surface area contributed by atoms with Crippen LogP contribution in [0.4, 0.5) is 11.5 Å². The van der Waals surface area contributed by atoms with Gasteiger partial charge >= 0.3 is 0 Å². The molecule has 2 aliphatic heterocycles. The van der Waals surface area contributed by atoms with E-state index in [4.69, 9.17) is 9.72 Å². The molecule has 0 unspecified atom stereocenters. The van der Waals surface area contributed by atoms with Crippen LogP contribution in [0.25, 0.3) is 17.3 Å². The second-order valence-corrected chi connectivity index (χ2v) is 10.0. The van der Waals surface area contributed by atoms with E-state index < -0.39 is 0 Å². The minimum absolute atomic E-state index is 0.621. The molecular weight excluding hydrogens is 458 g/mol. The fraction of sp³-hybridized carbons (Fsp3) is 0.355. The molecule has 2 aromatic rings. The number of benzene rings is 1. The first kappa shape index (κ1) is 25.0. The smallest absolute Gasteiger partial charge is 0.141 e. The van der Waals surface area contributed by atoms with Gasteiger partial charge < -0.3 is 20.7 Å². The van der Waals surface area contributed by atoms with E-state index in [0.29, 0.717) is 5.92 Å². The number of nitrogens with zero attached hydrogens (tertiary/aromatic N) is 2. The summed E-state index contributed by atoms with van der Waals surface area (Å²) in [6.45, 7) is 8.35. The predicted molar refractivity (Wildman–Crippen MR) is 155 cm³/mol. The molecule has 6 nitrogen and oxygen atoms in total. The molecule has 0 spiro atoms. The lowest BCUT2D eigenvalue weighted by Crippen LogP contribution is -2.39. The molecule has 2 fully saturated rings. The SMILES string of the molecule is CCC(C)=C(C=N/C=C(\C)c1cc2c(c(Nc3ccc(C4CNC4)cc3)n1)C(=C1CCC1)NC=C2)OC. The first-order valence-electron chi connectivity index (χ1n) is 13.3. The molecule has 6 heteroatoms. The Bertz CT molecular complexity index is 1300. The van der Waals surface area contributed by atoms with Crippen LogP contribution in [0, 0.1) is 0 Å². The van der Waals surface area contributed by atoms with Crippen LogP contribution in [-0.2, 0) is 4.74 Å². The minimum atomic E-state index is 0.621. The zero-order valence-corrected chi connectivity index (χ0v) is 22.3. The van der Waals surface area contributed by atoms with E-state index in [1.165, 1.54) is 28.8 Å². The van der Waals surface area contributed by atoms with Crippen molar-refractivity contribution in [1.29, 1.82) is 0 Å². The fourth-order valence-corrected chi connectivity index (χ4v) is 4.71. The number of nitrogens with one attached hydrogen (secondary N) is 3. The minimum Gasteiger partial charge on any atom is -0.495 e. The largest absolute Gasteiger partial charge is 0.495 e. The van der Waals surface area contributed by atoms with Crippen molar-refractivity contribution in [3.05, 3.63) is 82.0 Å². The Hall–Kier alpha value is -3.64. The Morgan fingerprint density at radius 3 is 2.59 bits per heavy atom. The average molecular weight is 496 g/mol. The van der Waals surface area contributed by atoms with Crippen molar-refractivity contribution in [1.82, 2.24) is 15.6 Å². The summed E-state index contributed by atoms with van der Waals surface area (Å²) in [4.78, 5) is 9.66. The van der Waals surface area contributed by atoms with Crippen LogP contribution in [-0.4, -0.2) is 31.4 Å². The van der Waals surface area contributed by atoms with Gasteiger partial charge in [-0.1, -0.05) is 19.1 Å². The molecule has 0 radical (unpaired) electrons. The molecule has 3 heterocycles. The number of hydrogen-bond acceptors (Lipinski definition) is 6. The van der Waals surface area contributed by atoms with Gasteiger partial charge in [-0.25, -0.2) is 4.98 Å². The third kappa shape index (κ3) is 5.39. The Labute approximate surface area is 220 Å². The van der Waals surface area contributed by atoms with Crippen LogP contribution in [0.3, 0.4) is 0 Å². The van der Waals surface area contributed by atoms with Crippen LogP contribution < -0.4 is 16.0 Å². The van der Waals surface area contributed by atoms with Crippen LogP contribution in [0.2, 0.25) is 0 Å². The van der Waals surface area contributed by atoms with Gasteiger partial charge in [0.25, 0.3) is 0 Å². The number of allylic oxidation sites excluding steroid dienone is 4. The summed E-state index contributed by atoms with van der Waals surface area (Å²) < 4.78 is 5.49. The number of rotatable bonds is 8. The standard InChI is InChI=1S/C31H37N5O/c1-5-20(2)28(37-4)19-32-16-21(3)27-15-24-13-14-34-30(23-7-6-8-23)29(24)31(36-27)35-26-11-9-22(10-12-26)25-17-33-18-25/h9-16,19,25,33-34H,5-8,17-18H2,1-4H3,(H,35,36)/b21-16+,28-20?,32-19?. The molecule has 0 amide bonds. The molecule has 0 atom stereocenters. The van der Waals surface area contributed by atoms with E-state index in [1.807, 2.05) is 12.4 Å². The van der Waals surface area contributed by atoms with Crippen molar-refractivity contribution in [2.24, 2.45) is 4.99 Å². The molecule has 3 N–H and O–H groups in total. The molecule has 0 bridgehead atoms. The lowest BCUT2D eigenvalue weighted by Gasteiger charge is -2.28. The van der Waals surface area contributed by atoms with Gasteiger partial charge in [0.2, 0.25) is 0 Å². The van der Waals surface area contributed by atoms with Crippen LogP contribution in [0.15, 0.2) is 64.6 Å². The van der Waals surface area contributed by atoms with Crippen molar-refractivity contribution >= 4 is 35.1 Å². The highest BCUT2D eigenvalue weighted by Crippen LogP contribution is 2.39. The van der Waals surface area contributed by atoms with Crippen molar-refractivity contribution < 1.29 is 4.74 Å². The predicted octanol–water partition coefficient (Wildman–Crippen LogP) is 6.74. The monoisotopic (exact) mass is 495 g/mol. The molecule has 37 heavy (non-hydrogen) atoms. The van der Waals surface area contributed by atoms with E-state index in [1.54, 1.807) is 13.3 Å². The first-order valence-corrected chi connectivity index (χ1v) is 13.3. The van der Waals surface area contributed by atoms with Gasteiger partial charge in [0.1, 0.15) is 11.6 Å². The summed E-state index contributed by atoms with van der Waals surface area (Å²) in [7, 11) is 1.68. The van der Waals surface area contributed by atoms with Gasteiger partial charge in [-0.3, -0.25) is 4.99 Å². The van der Waals surface area contributed by atoms with E-state index >= 15 is 0 Å². The fourth-order valence-electron chi connectivity index (χ4n) is 4.71. The summed E-state index contributed by atoms with van der Waals surface area (Å²) in [6, 6.07) is 10.9. The third-order valence-corrected chi connectivity index (χ3v) is 7.56. The summed E-state index contributed by atoms with van der Waals surface area (Å²) in [5.41, 5.74) is 10.5. The summed E-state index contributed by atoms with van der Waals surface area (Å²) in [5.74, 6) is 2.29. The Morgan fingerprint density at radius 1 is 1.19 bits per heavy atom. The maximum atomic E-state index is 5.49. The van der Waals surface area contributed by atoms with Crippen molar-refractivity contribution in [2.45, 2.75) is 52.4 Å². The van der Waals surface area contributed by atoms with E-state index in [0.717, 1.165) is 72.0 Å². The van der Waals surface area contributed by atoms with Crippen LogP contribution >= 0.6 is 0 Å². The van der Waals surface area contributed by atoms with Gasteiger partial charge in [-0.15, -0.1) is 0 Å². The molecular formula is C31H37N5O. The maximum absolute atomic E-state index is 5.49. The summed E-state index contributed by atoms with van der Waals surface area (Å²) in [6.07, 6.45) is 12.3. The number of pyridine rings is 1. The van der Waals surface area contributed by atoms with Gasteiger partial charge in [0, 0.05) is 48.4 Å². The first-order chi connectivity index (χ1) is 18.1. The van der Waals surface area contributed by atoms with E-state index in [2.05, 4.69) is 78.1 Å². The highest BCUT2D eigenvalue weighted by Gasteiger charge is 2.24. The van der Waals surface area contributed by atoms with Gasteiger partial charge in [-0.05, 0) is 91.7 Å². The number of aromatic nitrogens is 1. The van der Waals surface area contributed by atoms with Crippen molar-refractivity contribution in [2.75, 3.05) is 25.5 Å². The molecule has 5 rings (SSSR count). The zero-order chi connectivity index (χ0) is 25.8. The molecule has 1 aromatic heterocycles.